The summed E-state index contributed by atoms with van der Waals surface area (Å²) < 4.78 is 18.2. The van der Waals surface area contributed by atoms with Crippen LogP contribution in [0.1, 0.15) is 52.5 Å². The predicted molar refractivity (Wildman–Crippen MR) is 133 cm³/mol. The SMILES string of the molecule is C=C1[C@@H](OC(=O)/C=C/c2ccccc2)CC[C@]2(C)[C@@H]1[C@H](O)[C@@H]1C[C@@]3(O)O[C@@H](C(=C(C)C)[C@H]3C)[C@]2(O)O1. The lowest BCUT2D eigenvalue weighted by Gasteiger charge is -2.60. The summed E-state index contributed by atoms with van der Waals surface area (Å²) in [5.74, 6) is -4.83. The minimum atomic E-state index is -1.80. The molecular weight excluding hydrogens is 460 g/mol. The molecule has 5 rings (SSSR count). The minimum Gasteiger partial charge on any atom is -0.455 e. The smallest absolute Gasteiger partial charge is 0.331 e. The summed E-state index contributed by atoms with van der Waals surface area (Å²) >= 11 is 0. The zero-order valence-electron chi connectivity index (χ0n) is 21.3. The summed E-state index contributed by atoms with van der Waals surface area (Å²) in [6.07, 6.45) is 0.480. The van der Waals surface area contributed by atoms with Crippen LogP contribution in [0.2, 0.25) is 0 Å². The average Bonchev–Trinajstić information content (AvgIpc) is 3.03. The van der Waals surface area contributed by atoms with Gasteiger partial charge in [0.05, 0.1) is 12.2 Å². The van der Waals surface area contributed by atoms with E-state index in [4.69, 9.17) is 14.2 Å². The molecular formula is C29H36O7. The topological polar surface area (TPSA) is 105 Å². The Balaban J connectivity index is 1.44. The first kappa shape index (κ1) is 25.4. The number of carbonyl (C=O) groups is 1. The maximum atomic E-state index is 12.6. The number of hydrogen-bond acceptors (Lipinski definition) is 7. The molecule has 36 heavy (non-hydrogen) atoms. The second-order valence-corrected chi connectivity index (χ2v) is 11.2. The summed E-state index contributed by atoms with van der Waals surface area (Å²) in [5, 5.41) is 35.1. The van der Waals surface area contributed by atoms with Gasteiger partial charge < -0.3 is 29.5 Å². The number of allylic oxidation sites excluding steroid dienone is 1. The molecule has 0 radical (unpaired) electrons. The van der Waals surface area contributed by atoms with Gasteiger partial charge in [0.2, 0.25) is 5.79 Å². The number of aliphatic hydroxyl groups is 3. The zero-order chi connectivity index (χ0) is 26.0. The van der Waals surface area contributed by atoms with Crippen molar-refractivity contribution in [2.75, 3.05) is 0 Å². The molecule has 4 aliphatic rings. The van der Waals surface area contributed by atoms with Gasteiger partial charge in [-0.05, 0) is 49.5 Å². The van der Waals surface area contributed by atoms with Gasteiger partial charge >= 0.3 is 5.97 Å². The zero-order valence-corrected chi connectivity index (χ0v) is 21.3. The molecule has 1 saturated carbocycles. The standard InChI is InChI=1S/C29H36O7/c1-16(2)23-18(4)28(32)15-21-25(31)24-17(3)20(34-22(30)12-11-19-9-7-6-8-10-19)13-14-27(24,5)29(33,35-21)26(23)36-28/h6-12,18,20-21,24-26,31-33H,3,13-15H2,1-2,4-5H3/b12-11+/t18-,20+,21+,24+,25-,26+,27-,28-,29+/m1/s1. The first-order valence-corrected chi connectivity index (χ1v) is 12.7. The highest BCUT2D eigenvalue weighted by Crippen LogP contribution is 2.64. The molecule has 0 aromatic heterocycles. The van der Waals surface area contributed by atoms with E-state index < -0.39 is 53.3 Å². The van der Waals surface area contributed by atoms with Crippen molar-refractivity contribution in [3.63, 3.8) is 0 Å². The Labute approximate surface area is 212 Å². The van der Waals surface area contributed by atoms with Crippen LogP contribution in [-0.2, 0) is 19.0 Å². The highest BCUT2D eigenvalue weighted by Gasteiger charge is 2.73. The second kappa shape index (κ2) is 8.64. The van der Waals surface area contributed by atoms with Crippen molar-refractivity contribution >= 4 is 12.0 Å². The highest BCUT2D eigenvalue weighted by atomic mass is 16.7. The van der Waals surface area contributed by atoms with Crippen LogP contribution in [0, 0.1) is 17.3 Å². The van der Waals surface area contributed by atoms with E-state index in [1.807, 2.05) is 58.0 Å². The fraction of sp³-hybridized carbons (Fsp3) is 0.552. The van der Waals surface area contributed by atoms with Crippen LogP contribution in [-0.4, -0.2) is 57.3 Å². The number of hydrogen-bond donors (Lipinski definition) is 3. The minimum absolute atomic E-state index is 0.00898. The normalized spacial score (nSPS) is 43.8. The number of ether oxygens (including phenoxy) is 3. The molecule has 3 N–H and O–H groups in total. The largest absolute Gasteiger partial charge is 0.455 e. The van der Waals surface area contributed by atoms with Gasteiger partial charge in [-0.2, -0.15) is 0 Å². The Morgan fingerprint density at radius 1 is 1.19 bits per heavy atom. The Kier molecular flexibility index (Phi) is 6.09. The Bertz CT molecular complexity index is 1120. The second-order valence-electron chi connectivity index (χ2n) is 11.2. The van der Waals surface area contributed by atoms with E-state index in [9.17, 15) is 20.1 Å². The third kappa shape index (κ3) is 3.63. The van der Waals surface area contributed by atoms with Gasteiger partial charge in [0.25, 0.3) is 0 Å². The fourth-order valence-electron chi connectivity index (χ4n) is 6.93. The van der Waals surface area contributed by atoms with Crippen molar-refractivity contribution in [2.24, 2.45) is 17.3 Å². The van der Waals surface area contributed by atoms with E-state index in [-0.39, 0.29) is 12.3 Å². The van der Waals surface area contributed by atoms with Gasteiger partial charge in [-0.15, -0.1) is 0 Å². The number of esters is 1. The molecule has 9 atom stereocenters. The molecule has 0 unspecified atom stereocenters. The predicted octanol–water partition coefficient (Wildman–Crippen LogP) is 3.50. The lowest BCUT2D eigenvalue weighted by Crippen LogP contribution is -2.70. The van der Waals surface area contributed by atoms with Crippen molar-refractivity contribution < 1.29 is 34.3 Å². The van der Waals surface area contributed by atoms with Crippen molar-refractivity contribution in [3.8, 4) is 0 Å². The summed E-state index contributed by atoms with van der Waals surface area (Å²) in [6, 6.07) is 9.46. The molecule has 4 bridgehead atoms. The molecule has 194 valence electrons. The quantitative estimate of drug-likeness (QED) is 0.334. The van der Waals surface area contributed by atoms with E-state index in [2.05, 4.69) is 6.58 Å². The van der Waals surface area contributed by atoms with Crippen LogP contribution in [0.4, 0.5) is 0 Å². The Morgan fingerprint density at radius 2 is 1.89 bits per heavy atom. The number of carbonyl (C=O) groups excluding carboxylic acids is 1. The Morgan fingerprint density at radius 3 is 2.56 bits per heavy atom. The third-order valence-corrected chi connectivity index (χ3v) is 8.94. The fourth-order valence-corrected chi connectivity index (χ4v) is 6.93. The highest BCUT2D eigenvalue weighted by molar-refractivity contribution is 5.87. The van der Waals surface area contributed by atoms with Crippen LogP contribution in [0.25, 0.3) is 6.08 Å². The van der Waals surface area contributed by atoms with Gasteiger partial charge in [0.15, 0.2) is 5.79 Å². The third-order valence-electron chi connectivity index (χ3n) is 8.94. The number of rotatable bonds is 3. The van der Waals surface area contributed by atoms with E-state index in [1.165, 1.54) is 6.08 Å². The first-order chi connectivity index (χ1) is 16.9. The maximum absolute atomic E-state index is 12.6. The number of aliphatic hydroxyl groups excluding tert-OH is 1. The molecule has 1 aliphatic carbocycles. The molecule has 3 saturated heterocycles. The van der Waals surface area contributed by atoms with Crippen molar-refractivity contribution in [1.29, 1.82) is 0 Å². The monoisotopic (exact) mass is 496 g/mol. The molecule has 0 spiro atoms. The summed E-state index contributed by atoms with van der Waals surface area (Å²) in [5.41, 5.74) is 2.22. The van der Waals surface area contributed by atoms with Crippen molar-refractivity contribution in [1.82, 2.24) is 0 Å². The molecule has 7 heteroatoms. The van der Waals surface area contributed by atoms with Gasteiger partial charge in [-0.25, -0.2) is 4.79 Å². The molecule has 4 fully saturated rings. The summed E-state index contributed by atoms with van der Waals surface area (Å²) in [6.45, 7) is 11.9. The molecule has 3 heterocycles. The van der Waals surface area contributed by atoms with E-state index in [1.54, 1.807) is 6.08 Å². The summed E-state index contributed by atoms with van der Waals surface area (Å²) in [7, 11) is 0. The van der Waals surface area contributed by atoms with E-state index in [0.717, 1.165) is 16.7 Å². The molecule has 1 aromatic carbocycles. The maximum Gasteiger partial charge on any atom is 0.331 e. The van der Waals surface area contributed by atoms with Crippen molar-refractivity contribution in [2.45, 2.75) is 82.9 Å². The molecule has 1 aromatic rings. The van der Waals surface area contributed by atoms with Gasteiger partial charge in [-0.1, -0.05) is 56.3 Å². The molecule has 3 aliphatic heterocycles. The van der Waals surface area contributed by atoms with Crippen LogP contribution >= 0.6 is 0 Å². The summed E-state index contributed by atoms with van der Waals surface area (Å²) in [4.78, 5) is 12.6. The molecule has 7 nitrogen and oxygen atoms in total. The number of fused-ring (bicyclic) bond motifs is 7. The molecule has 0 amide bonds. The Hall–Kier alpha value is -2.29. The van der Waals surface area contributed by atoms with Gasteiger partial charge in [0.1, 0.15) is 12.2 Å². The van der Waals surface area contributed by atoms with E-state index >= 15 is 0 Å². The lowest BCUT2D eigenvalue weighted by molar-refractivity contribution is -0.373. The average molecular weight is 497 g/mol. The van der Waals surface area contributed by atoms with Crippen molar-refractivity contribution in [3.05, 3.63) is 65.3 Å². The van der Waals surface area contributed by atoms with Crippen LogP contribution in [0.3, 0.4) is 0 Å². The van der Waals surface area contributed by atoms with Gasteiger partial charge in [-0.3, -0.25) is 0 Å². The number of benzene rings is 1. The van der Waals surface area contributed by atoms with Crippen LogP contribution in [0.15, 0.2) is 59.7 Å². The first-order valence-electron chi connectivity index (χ1n) is 12.7. The lowest BCUT2D eigenvalue weighted by atomic mass is 9.54. The van der Waals surface area contributed by atoms with Crippen LogP contribution in [0.5, 0.6) is 0 Å². The van der Waals surface area contributed by atoms with Gasteiger partial charge in [0, 0.05) is 29.7 Å². The van der Waals surface area contributed by atoms with Crippen LogP contribution < -0.4 is 0 Å². The van der Waals surface area contributed by atoms with E-state index in [0.29, 0.717) is 18.4 Å².